The lowest BCUT2D eigenvalue weighted by Crippen LogP contribution is -2.38. The number of likely N-dealkylation sites (N-methyl/N-ethyl adjacent to an activating group) is 1. The van der Waals surface area contributed by atoms with E-state index in [0.29, 0.717) is 6.04 Å². The second-order valence-electron chi connectivity index (χ2n) is 8.71. The molecule has 5 rings (SSSR count). The number of nitrogens with one attached hydrogen (secondary N) is 2. The first-order chi connectivity index (χ1) is 16.2. The molecule has 1 unspecified atom stereocenters. The van der Waals surface area contributed by atoms with E-state index in [1.807, 2.05) is 12.3 Å². The van der Waals surface area contributed by atoms with Crippen LogP contribution in [0.3, 0.4) is 0 Å². The Morgan fingerprint density at radius 1 is 1.18 bits per heavy atom. The molecule has 0 radical (unpaired) electrons. The van der Waals surface area contributed by atoms with E-state index in [-0.39, 0.29) is 0 Å². The Morgan fingerprint density at radius 2 is 2.03 bits per heavy atom. The standard InChI is InChI=1S/C26H33N5O2/c1-4-30-11-6-8-19(30)16-27-10-12-31-17-21(22-13-18-7-5-9-28-26(18)29-22)20-14-24(32-2)25(33-3)15-23(20)31/h5,7,9,13-15,17,19,27H,4,6,8,10-12,16H2,1-3H3,(H,28,29). The number of likely N-dealkylation sites (tertiary alicyclic amines) is 1. The van der Waals surface area contributed by atoms with Crippen LogP contribution in [0.5, 0.6) is 11.5 Å². The molecule has 3 aromatic heterocycles. The normalized spacial score (nSPS) is 16.8. The molecule has 0 amide bonds. The van der Waals surface area contributed by atoms with Crippen molar-refractivity contribution < 1.29 is 9.47 Å². The number of hydrogen-bond donors (Lipinski definition) is 2. The van der Waals surface area contributed by atoms with Gasteiger partial charge in [-0.05, 0) is 50.2 Å². The van der Waals surface area contributed by atoms with Gasteiger partial charge in [-0.3, -0.25) is 4.90 Å². The van der Waals surface area contributed by atoms with E-state index < -0.39 is 0 Å². The highest BCUT2D eigenvalue weighted by atomic mass is 16.5. The molecule has 7 heteroatoms. The fourth-order valence-electron chi connectivity index (χ4n) is 5.13. The van der Waals surface area contributed by atoms with Crippen molar-refractivity contribution >= 4 is 21.9 Å². The van der Waals surface area contributed by atoms with Crippen LogP contribution in [0.4, 0.5) is 0 Å². The molecule has 1 aliphatic rings. The second-order valence-corrected chi connectivity index (χ2v) is 8.71. The molecule has 174 valence electrons. The molecule has 2 N–H and O–H groups in total. The second kappa shape index (κ2) is 9.45. The number of aromatic nitrogens is 3. The van der Waals surface area contributed by atoms with Crippen LogP contribution in [0.15, 0.2) is 42.7 Å². The average Bonchev–Trinajstić information content (AvgIpc) is 3.57. The number of nitrogens with zero attached hydrogens (tertiary/aromatic N) is 3. The van der Waals surface area contributed by atoms with E-state index in [2.05, 4.69) is 62.1 Å². The van der Waals surface area contributed by atoms with Crippen molar-refractivity contribution in [3.63, 3.8) is 0 Å². The van der Waals surface area contributed by atoms with Crippen molar-refractivity contribution in [2.75, 3.05) is 40.4 Å². The zero-order valence-electron chi connectivity index (χ0n) is 19.7. The average molecular weight is 448 g/mol. The lowest BCUT2D eigenvalue weighted by atomic mass is 10.1. The first-order valence-corrected chi connectivity index (χ1v) is 11.9. The summed E-state index contributed by atoms with van der Waals surface area (Å²) < 4.78 is 13.5. The summed E-state index contributed by atoms with van der Waals surface area (Å²) in [5.41, 5.74) is 4.22. The first-order valence-electron chi connectivity index (χ1n) is 11.9. The summed E-state index contributed by atoms with van der Waals surface area (Å²) in [5, 5.41) is 5.93. The molecular weight excluding hydrogens is 414 g/mol. The van der Waals surface area contributed by atoms with Crippen LogP contribution >= 0.6 is 0 Å². The summed E-state index contributed by atoms with van der Waals surface area (Å²) in [6.07, 6.45) is 6.65. The number of pyridine rings is 1. The van der Waals surface area contributed by atoms with Crippen LogP contribution in [0.1, 0.15) is 19.8 Å². The SMILES string of the molecule is CCN1CCCC1CNCCn1cc(-c2cc3cccnc3[nH]2)c2cc(OC)c(OC)cc21. The van der Waals surface area contributed by atoms with Gasteiger partial charge in [-0.15, -0.1) is 0 Å². The summed E-state index contributed by atoms with van der Waals surface area (Å²) in [4.78, 5) is 10.5. The van der Waals surface area contributed by atoms with E-state index in [4.69, 9.17) is 9.47 Å². The number of benzene rings is 1. The quantitative estimate of drug-likeness (QED) is 0.375. The van der Waals surface area contributed by atoms with E-state index in [9.17, 15) is 0 Å². The van der Waals surface area contributed by atoms with E-state index in [0.717, 1.165) is 70.9 Å². The lowest BCUT2D eigenvalue weighted by Gasteiger charge is -2.23. The van der Waals surface area contributed by atoms with Crippen LogP contribution in [0.2, 0.25) is 0 Å². The number of fused-ring (bicyclic) bond motifs is 2. The molecule has 1 atom stereocenters. The van der Waals surface area contributed by atoms with Gasteiger partial charge in [0.2, 0.25) is 0 Å². The third-order valence-corrected chi connectivity index (χ3v) is 6.88. The number of H-pyrrole nitrogens is 1. The third kappa shape index (κ3) is 4.18. The summed E-state index contributed by atoms with van der Waals surface area (Å²) in [7, 11) is 3.36. The molecule has 1 fully saturated rings. The van der Waals surface area contributed by atoms with Gasteiger partial charge in [0, 0.05) is 66.2 Å². The van der Waals surface area contributed by atoms with Crippen molar-refractivity contribution in [1.82, 2.24) is 24.8 Å². The van der Waals surface area contributed by atoms with Crippen LogP contribution < -0.4 is 14.8 Å². The Bertz CT molecular complexity index is 1210. The minimum atomic E-state index is 0.662. The van der Waals surface area contributed by atoms with Gasteiger partial charge in [-0.2, -0.15) is 0 Å². The smallest absolute Gasteiger partial charge is 0.162 e. The highest BCUT2D eigenvalue weighted by Crippen LogP contribution is 2.38. The minimum Gasteiger partial charge on any atom is -0.493 e. The molecule has 1 aromatic carbocycles. The summed E-state index contributed by atoms with van der Waals surface area (Å²) in [6.45, 7) is 7.47. The van der Waals surface area contributed by atoms with Crippen molar-refractivity contribution in [3.05, 3.63) is 42.7 Å². The van der Waals surface area contributed by atoms with Gasteiger partial charge in [0.05, 0.1) is 19.7 Å². The Hall–Kier alpha value is -3.03. The molecule has 4 aromatic rings. The Morgan fingerprint density at radius 3 is 2.82 bits per heavy atom. The largest absolute Gasteiger partial charge is 0.493 e. The Balaban J connectivity index is 1.44. The maximum Gasteiger partial charge on any atom is 0.162 e. The van der Waals surface area contributed by atoms with Gasteiger partial charge in [-0.1, -0.05) is 6.92 Å². The van der Waals surface area contributed by atoms with Gasteiger partial charge in [0.15, 0.2) is 11.5 Å². The molecule has 4 heterocycles. The van der Waals surface area contributed by atoms with Crippen molar-refractivity contribution in [2.24, 2.45) is 0 Å². The monoisotopic (exact) mass is 447 g/mol. The molecule has 1 aliphatic heterocycles. The van der Waals surface area contributed by atoms with Gasteiger partial charge >= 0.3 is 0 Å². The molecule has 0 aliphatic carbocycles. The molecule has 7 nitrogen and oxygen atoms in total. The number of hydrogen-bond acceptors (Lipinski definition) is 5. The van der Waals surface area contributed by atoms with E-state index in [1.165, 1.54) is 19.4 Å². The van der Waals surface area contributed by atoms with Crippen LogP contribution in [-0.4, -0.2) is 65.9 Å². The van der Waals surface area contributed by atoms with Crippen LogP contribution in [-0.2, 0) is 6.54 Å². The number of rotatable bonds is 9. The van der Waals surface area contributed by atoms with Gasteiger partial charge in [0.1, 0.15) is 5.65 Å². The predicted octanol–water partition coefficient (Wildman–Crippen LogP) is 4.28. The highest BCUT2D eigenvalue weighted by molar-refractivity contribution is 5.99. The van der Waals surface area contributed by atoms with Crippen molar-refractivity contribution in [3.8, 4) is 22.8 Å². The summed E-state index contributed by atoms with van der Waals surface area (Å²) in [5.74, 6) is 1.48. The fraction of sp³-hybridized carbons (Fsp3) is 0.423. The Labute approximate surface area is 194 Å². The molecule has 0 spiro atoms. The summed E-state index contributed by atoms with van der Waals surface area (Å²) >= 11 is 0. The highest BCUT2D eigenvalue weighted by Gasteiger charge is 2.22. The van der Waals surface area contributed by atoms with Crippen molar-refractivity contribution in [2.45, 2.75) is 32.4 Å². The molecular formula is C26H33N5O2. The van der Waals surface area contributed by atoms with Gasteiger partial charge < -0.3 is 24.3 Å². The molecule has 0 saturated carbocycles. The Kier molecular flexibility index (Phi) is 6.24. The third-order valence-electron chi connectivity index (χ3n) is 6.88. The maximum atomic E-state index is 5.61. The number of methoxy groups -OCH3 is 2. The van der Waals surface area contributed by atoms with E-state index in [1.54, 1.807) is 14.2 Å². The zero-order valence-corrected chi connectivity index (χ0v) is 19.7. The summed E-state index contributed by atoms with van der Waals surface area (Å²) in [6, 6.07) is 11.0. The van der Waals surface area contributed by atoms with Crippen molar-refractivity contribution in [1.29, 1.82) is 0 Å². The first kappa shape index (κ1) is 21.8. The topological polar surface area (TPSA) is 67.3 Å². The minimum absolute atomic E-state index is 0.662. The zero-order chi connectivity index (χ0) is 22.8. The molecule has 0 bridgehead atoms. The van der Waals surface area contributed by atoms with Crippen LogP contribution in [0.25, 0.3) is 33.2 Å². The number of aromatic amines is 1. The van der Waals surface area contributed by atoms with Gasteiger partial charge in [-0.25, -0.2) is 4.98 Å². The van der Waals surface area contributed by atoms with E-state index >= 15 is 0 Å². The van der Waals surface area contributed by atoms with Crippen LogP contribution in [0, 0.1) is 0 Å². The fourth-order valence-corrected chi connectivity index (χ4v) is 5.13. The number of ether oxygens (including phenoxy) is 2. The molecule has 33 heavy (non-hydrogen) atoms. The maximum absolute atomic E-state index is 5.61. The predicted molar refractivity (Wildman–Crippen MR) is 133 cm³/mol. The molecule has 1 saturated heterocycles. The lowest BCUT2D eigenvalue weighted by molar-refractivity contribution is 0.260. The van der Waals surface area contributed by atoms with Gasteiger partial charge in [0.25, 0.3) is 0 Å².